The Morgan fingerprint density at radius 1 is 1.19 bits per heavy atom. The molecule has 1 aromatic rings. The van der Waals surface area contributed by atoms with E-state index in [1.165, 1.54) is 11.8 Å². The lowest BCUT2D eigenvalue weighted by molar-refractivity contribution is 0.320. The summed E-state index contributed by atoms with van der Waals surface area (Å²) in [4.78, 5) is 0. The first-order chi connectivity index (χ1) is 9.77. The minimum Gasteiger partial charge on any atom is -0.313 e. The molecule has 3 nitrogen and oxygen atoms in total. The Bertz CT molecular complexity index is 509. The zero-order valence-corrected chi connectivity index (χ0v) is 14.5. The zero-order chi connectivity index (χ0) is 15.9. The van der Waals surface area contributed by atoms with Gasteiger partial charge in [0.05, 0.1) is 0 Å². The average molecular weight is 311 g/mol. The van der Waals surface area contributed by atoms with Crippen molar-refractivity contribution >= 4 is 9.84 Å². The van der Waals surface area contributed by atoms with Crippen LogP contribution in [-0.2, 0) is 15.3 Å². The molecule has 4 heteroatoms. The summed E-state index contributed by atoms with van der Waals surface area (Å²) >= 11 is 0. The maximum absolute atomic E-state index is 11.3. The van der Waals surface area contributed by atoms with Gasteiger partial charge in [-0.2, -0.15) is 0 Å². The maximum atomic E-state index is 11.3. The molecule has 0 heterocycles. The zero-order valence-electron chi connectivity index (χ0n) is 13.7. The molecular weight excluding hydrogens is 282 g/mol. The molecule has 0 aliphatic carbocycles. The molecule has 0 radical (unpaired) electrons. The number of hydrogen-bond acceptors (Lipinski definition) is 3. The SMILES string of the molecule is CCCNC(CCCS(C)(=O)=O)C(C)(C)c1ccccc1. The quantitative estimate of drug-likeness (QED) is 0.762. The molecule has 0 saturated heterocycles. The molecule has 0 saturated carbocycles. The lowest BCUT2D eigenvalue weighted by atomic mass is 9.76. The van der Waals surface area contributed by atoms with Crippen LogP contribution in [0.25, 0.3) is 0 Å². The van der Waals surface area contributed by atoms with Gasteiger partial charge in [-0.05, 0) is 31.4 Å². The van der Waals surface area contributed by atoms with Crippen molar-refractivity contribution in [2.24, 2.45) is 0 Å². The van der Waals surface area contributed by atoms with Crippen LogP contribution < -0.4 is 5.32 Å². The third-order valence-electron chi connectivity index (χ3n) is 4.04. The first-order valence-electron chi connectivity index (χ1n) is 7.74. The summed E-state index contributed by atoms with van der Waals surface area (Å²) in [5.74, 6) is 0.266. The number of sulfone groups is 1. The summed E-state index contributed by atoms with van der Waals surface area (Å²) in [6, 6.07) is 10.7. The van der Waals surface area contributed by atoms with Crippen molar-refractivity contribution in [2.45, 2.75) is 51.5 Å². The highest BCUT2D eigenvalue weighted by Gasteiger charge is 2.30. The molecule has 1 aromatic carbocycles. The van der Waals surface area contributed by atoms with Crippen LogP contribution in [0.15, 0.2) is 30.3 Å². The third-order valence-corrected chi connectivity index (χ3v) is 5.07. The largest absolute Gasteiger partial charge is 0.313 e. The lowest BCUT2D eigenvalue weighted by Gasteiger charge is -2.36. The number of hydrogen-bond donors (Lipinski definition) is 1. The molecule has 1 unspecified atom stereocenters. The minimum atomic E-state index is -2.88. The molecule has 0 aliphatic rings. The van der Waals surface area contributed by atoms with Crippen molar-refractivity contribution < 1.29 is 8.42 Å². The summed E-state index contributed by atoms with van der Waals surface area (Å²) < 4.78 is 22.7. The molecule has 0 aromatic heterocycles. The van der Waals surface area contributed by atoms with E-state index in [4.69, 9.17) is 0 Å². The first kappa shape index (κ1) is 18.2. The summed E-state index contributed by atoms with van der Waals surface area (Å²) in [6.07, 6.45) is 3.96. The first-order valence-corrected chi connectivity index (χ1v) is 9.80. The highest BCUT2D eigenvalue weighted by Crippen LogP contribution is 2.29. The van der Waals surface area contributed by atoms with Gasteiger partial charge in [-0.1, -0.05) is 51.1 Å². The van der Waals surface area contributed by atoms with E-state index in [9.17, 15) is 8.42 Å². The summed E-state index contributed by atoms with van der Waals surface area (Å²) in [6.45, 7) is 7.57. The van der Waals surface area contributed by atoms with Crippen LogP contribution in [0.3, 0.4) is 0 Å². The van der Waals surface area contributed by atoms with E-state index in [2.05, 4.69) is 50.4 Å². The van der Waals surface area contributed by atoms with Crippen LogP contribution >= 0.6 is 0 Å². The van der Waals surface area contributed by atoms with Gasteiger partial charge in [0.1, 0.15) is 9.84 Å². The Morgan fingerprint density at radius 3 is 2.33 bits per heavy atom. The minimum absolute atomic E-state index is 0.0199. The van der Waals surface area contributed by atoms with E-state index in [1.54, 1.807) is 0 Å². The van der Waals surface area contributed by atoms with Crippen molar-refractivity contribution in [3.05, 3.63) is 35.9 Å². The van der Waals surface area contributed by atoms with Crippen molar-refractivity contribution in [3.63, 3.8) is 0 Å². The van der Waals surface area contributed by atoms with Gasteiger partial charge < -0.3 is 5.32 Å². The van der Waals surface area contributed by atoms with Gasteiger partial charge >= 0.3 is 0 Å². The van der Waals surface area contributed by atoms with E-state index in [-0.39, 0.29) is 17.2 Å². The van der Waals surface area contributed by atoms with Crippen LogP contribution in [0.2, 0.25) is 0 Å². The molecule has 1 N–H and O–H groups in total. The Kier molecular flexibility index (Phi) is 6.88. The Balaban J connectivity index is 2.80. The second-order valence-corrected chi connectivity index (χ2v) is 8.63. The molecule has 1 atom stereocenters. The lowest BCUT2D eigenvalue weighted by Crippen LogP contribution is -2.45. The van der Waals surface area contributed by atoms with Gasteiger partial charge in [0.15, 0.2) is 0 Å². The van der Waals surface area contributed by atoms with Gasteiger partial charge in [-0.15, -0.1) is 0 Å². The summed E-state index contributed by atoms with van der Waals surface area (Å²) in [5.41, 5.74) is 1.27. The van der Waals surface area contributed by atoms with Gasteiger partial charge in [-0.3, -0.25) is 0 Å². The number of benzene rings is 1. The predicted octanol–water partition coefficient (Wildman–Crippen LogP) is 3.16. The van der Waals surface area contributed by atoms with Crippen molar-refractivity contribution in [1.82, 2.24) is 5.32 Å². The van der Waals surface area contributed by atoms with E-state index >= 15 is 0 Å². The highest BCUT2D eigenvalue weighted by atomic mass is 32.2. The van der Waals surface area contributed by atoms with Crippen LogP contribution in [0.4, 0.5) is 0 Å². The second-order valence-electron chi connectivity index (χ2n) is 6.37. The second kappa shape index (κ2) is 7.95. The van der Waals surface area contributed by atoms with Crippen molar-refractivity contribution in [3.8, 4) is 0 Å². The number of rotatable bonds is 9. The molecule has 21 heavy (non-hydrogen) atoms. The average Bonchev–Trinajstić information content (AvgIpc) is 2.42. The van der Waals surface area contributed by atoms with Crippen molar-refractivity contribution in [1.29, 1.82) is 0 Å². The van der Waals surface area contributed by atoms with Gasteiger partial charge in [0, 0.05) is 23.5 Å². The standard InChI is InChI=1S/C17H29NO2S/c1-5-13-18-16(12-9-14-21(4,19)20)17(2,3)15-10-7-6-8-11-15/h6-8,10-11,16,18H,5,9,12-14H2,1-4H3. The van der Waals surface area contributed by atoms with Gasteiger partial charge in [0.25, 0.3) is 0 Å². The highest BCUT2D eigenvalue weighted by molar-refractivity contribution is 7.90. The van der Waals surface area contributed by atoms with Crippen molar-refractivity contribution in [2.75, 3.05) is 18.6 Å². The van der Waals surface area contributed by atoms with E-state index in [0.29, 0.717) is 6.42 Å². The van der Waals surface area contributed by atoms with Crippen LogP contribution in [0.1, 0.15) is 45.6 Å². The number of nitrogens with one attached hydrogen (secondary N) is 1. The van der Waals surface area contributed by atoms with Crippen LogP contribution in [-0.4, -0.2) is 33.0 Å². The fourth-order valence-corrected chi connectivity index (χ4v) is 3.35. The third kappa shape index (κ3) is 6.18. The maximum Gasteiger partial charge on any atom is 0.147 e. The molecular formula is C17H29NO2S. The Labute approximate surface area is 130 Å². The van der Waals surface area contributed by atoms with Crippen LogP contribution in [0, 0.1) is 0 Å². The predicted molar refractivity (Wildman–Crippen MR) is 90.5 cm³/mol. The normalized spacial score (nSPS) is 14.1. The topological polar surface area (TPSA) is 46.2 Å². The summed E-state index contributed by atoms with van der Waals surface area (Å²) in [5, 5.41) is 3.60. The van der Waals surface area contributed by atoms with E-state index in [0.717, 1.165) is 19.4 Å². The Morgan fingerprint density at radius 2 is 1.81 bits per heavy atom. The Hall–Kier alpha value is -0.870. The van der Waals surface area contributed by atoms with Gasteiger partial charge in [-0.25, -0.2) is 8.42 Å². The molecule has 0 bridgehead atoms. The van der Waals surface area contributed by atoms with Crippen LogP contribution in [0.5, 0.6) is 0 Å². The fourth-order valence-electron chi connectivity index (χ4n) is 2.66. The molecule has 0 aliphatic heterocycles. The molecule has 0 amide bonds. The summed E-state index contributed by atoms with van der Waals surface area (Å²) in [7, 11) is -2.88. The fraction of sp³-hybridized carbons (Fsp3) is 0.647. The molecule has 0 fully saturated rings. The van der Waals surface area contributed by atoms with Gasteiger partial charge in [0.2, 0.25) is 0 Å². The smallest absolute Gasteiger partial charge is 0.147 e. The molecule has 120 valence electrons. The van der Waals surface area contributed by atoms with E-state index in [1.807, 2.05) is 6.07 Å². The molecule has 0 spiro atoms. The van der Waals surface area contributed by atoms with E-state index < -0.39 is 9.84 Å². The molecule has 1 rings (SSSR count). The monoisotopic (exact) mass is 311 g/mol.